The van der Waals surface area contributed by atoms with Crippen molar-refractivity contribution in [2.45, 2.75) is 6.92 Å². The van der Waals surface area contributed by atoms with Gasteiger partial charge in [-0.2, -0.15) is 0 Å². The molecule has 0 aliphatic carbocycles. The highest BCUT2D eigenvalue weighted by Gasteiger charge is 2.00. The minimum Gasteiger partial charge on any atom is -0.339 e. The fourth-order valence-electron chi connectivity index (χ4n) is 1.20. The predicted molar refractivity (Wildman–Crippen MR) is 61.5 cm³/mol. The summed E-state index contributed by atoms with van der Waals surface area (Å²) >= 11 is 5.78. The summed E-state index contributed by atoms with van der Waals surface area (Å²) in [5.74, 6) is 0.697. The number of aryl methyl sites for hydroxylation is 1. The molecule has 1 N–H and O–H groups in total. The molecule has 4 heteroatoms. The van der Waals surface area contributed by atoms with Gasteiger partial charge in [0.1, 0.15) is 0 Å². The van der Waals surface area contributed by atoms with Gasteiger partial charge in [-0.1, -0.05) is 29.8 Å². The Bertz CT molecular complexity index is 457. The van der Waals surface area contributed by atoms with Crippen LogP contribution in [-0.2, 0) is 0 Å². The van der Waals surface area contributed by atoms with Crippen molar-refractivity contribution in [1.29, 1.82) is 0 Å². The maximum atomic E-state index is 5.78. The van der Waals surface area contributed by atoms with Gasteiger partial charge in [-0.25, -0.2) is 0 Å². The number of aromatic nitrogens is 2. The lowest BCUT2D eigenvalue weighted by molar-refractivity contribution is 1.02. The molecule has 3 nitrogen and oxygen atoms in total. The molecule has 0 spiro atoms. The smallest absolute Gasteiger partial charge is 0.154 e. The van der Waals surface area contributed by atoms with Crippen LogP contribution in [0.5, 0.6) is 0 Å². The standard InChI is InChI=1S/C11H10ClN3/c1-8-7-10(14-15-11(8)12)13-9-5-3-2-4-6-9/h2-7H,1H3,(H,13,14). The number of nitrogens with one attached hydrogen (secondary N) is 1. The number of hydrogen-bond donors (Lipinski definition) is 1. The molecule has 0 fully saturated rings. The molecule has 0 saturated carbocycles. The second kappa shape index (κ2) is 4.28. The van der Waals surface area contributed by atoms with Crippen molar-refractivity contribution in [3.8, 4) is 0 Å². The van der Waals surface area contributed by atoms with Crippen LogP contribution in [0.4, 0.5) is 11.5 Å². The summed E-state index contributed by atoms with van der Waals surface area (Å²) in [4.78, 5) is 0. The van der Waals surface area contributed by atoms with E-state index in [1.165, 1.54) is 0 Å². The van der Waals surface area contributed by atoms with Crippen LogP contribution in [0.2, 0.25) is 5.15 Å². The normalized spacial score (nSPS) is 10.0. The Kier molecular flexibility index (Phi) is 2.83. The minimum atomic E-state index is 0.439. The third-order valence-corrected chi connectivity index (χ3v) is 2.34. The van der Waals surface area contributed by atoms with E-state index in [2.05, 4.69) is 15.5 Å². The summed E-state index contributed by atoms with van der Waals surface area (Å²) in [5, 5.41) is 11.3. The first-order valence-electron chi connectivity index (χ1n) is 4.57. The maximum absolute atomic E-state index is 5.78. The predicted octanol–water partition coefficient (Wildman–Crippen LogP) is 3.18. The van der Waals surface area contributed by atoms with Crippen LogP contribution >= 0.6 is 11.6 Å². The number of benzene rings is 1. The monoisotopic (exact) mass is 219 g/mol. The van der Waals surface area contributed by atoms with Gasteiger partial charge in [-0.05, 0) is 30.7 Å². The van der Waals surface area contributed by atoms with Crippen molar-refractivity contribution < 1.29 is 0 Å². The Morgan fingerprint density at radius 3 is 2.53 bits per heavy atom. The minimum absolute atomic E-state index is 0.439. The van der Waals surface area contributed by atoms with E-state index in [1.54, 1.807) is 0 Å². The molecule has 0 aliphatic rings. The number of rotatable bonds is 2. The molecule has 1 heterocycles. The Hall–Kier alpha value is -1.61. The SMILES string of the molecule is Cc1cc(Nc2ccccc2)nnc1Cl. The molecule has 0 amide bonds. The maximum Gasteiger partial charge on any atom is 0.154 e. The summed E-state index contributed by atoms with van der Waals surface area (Å²) in [6.45, 7) is 1.90. The van der Waals surface area contributed by atoms with Crippen molar-refractivity contribution in [2.24, 2.45) is 0 Å². The Morgan fingerprint density at radius 1 is 1.13 bits per heavy atom. The van der Waals surface area contributed by atoms with Crippen molar-refractivity contribution in [1.82, 2.24) is 10.2 Å². The van der Waals surface area contributed by atoms with Crippen LogP contribution in [0.25, 0.3) is 0 Å². The van der Waals surface area contributed by atoms with Crippen LogP contribution < -0.4 is 5.32 Å². The zero-order valence-electron chi connectivity index (χ0n) is 8.24. The molecule has 2 rings (SSSR count). The van der Waals surface area contributed by atoms with Gasteiger partial charge in [0, 0.05) is 5.69 Å². The van der Waals surface area contributed by atoms with Crippen molar-refractivity contribution in [3.05, 3.63) is 47.1 Å². The van der Waals surface area contributed by atoms with Crippen LogP contribution in [-0.4, -0.2) is 10.2 Å². The van der Waals surface area contributed by atoms with Gasteiger partial charge in [0.15, 0.2) is 11.0 Å². The largest absolute Gasteiger partial charge is 0.339 e. The summed E-state index contributed by atoms with van der Waals surface area (Å²) in [6.07, 6.45) is 0. The fourth-order valence-corrected chi connectivity index (χ4v) is 1.29. The van der Waals surface area contributed by atoms with Crippen molar-refractivity contribution >= 4 is 23.1 Å². The Labute approximate surface area is 93.1 Å². The molecule has 76 valence electrons. The summed E-state index contributed by atoms with van der Waals surface area (Å²) < 4.78 is 0. The Balaban J connectivity index is 2.22. The molecule has 0 bridgehead atoms. The highest BCUT2D eigenvalue weighted by Crippen LogP contribution is 2.17. The highest BCUT2D eigenvalue weighted by atomic mass is 35.5. The van der Waals surface area contributed by atoms with E-state index in [0.717, 1.165) is 11.3 Å². The lowest BCUT2D eigenvalue weighted by Gasteiger charge is -2.05. The first kappa shape index (κ1) is 9.93. The fraction of sp³-hybridized carbons (Fsp3) is 0.0909. The van der Waals surface area contributed by atoms with E-state index in [0.29, 0.717) is 11.0 Å². The van der Waals surface area contributed by atoms with Gasteiger partial charge in [0.05, 0.1) is 0 Å². The average molecular weight is 220 g/mol. The summed E-state index contributed by atoms with van der Waals surface area (Å²) in [6, 6.07) is 11.7. The van der Waals surface area contributed by atoms with Crippen LogP contribution in [0.15, 0.2) is 36.4 Å². The molecule has 15 heavy (non-hydrogen) atoms. The first-order chi connectivity index (χ1) is 7.25. The molecule has 2 aromatic rings. The van der Waals surface area contributed by atoms with Crippen molar-refractivity contribution in [3.63, 3.8) is 0 Å². The molecule has 0 atom stereocenters. The van der Waals surface area contributed by atoms with E-state index in [9.17, 15) is 0 Å². The highest BCUT2D eigenvalue weighted by molar-refractivity contribution is 6.30. The molecule has 1 aromatic carbocycles. The molecule has 1 aromatic heterocycles. The quantitative estimate of drug-likeness (QED) is 0.843. The molecule has 0 radical (unpaired) electrons. The molecule has 0 aliphatic heterocycles. The molecular weight excluding hydrogens is 210 g/mol. The van der Waals surface area contributed by atoms with E-state index in [1.807, 2.05) is 43.3 Å². The zero-order valence-corrected chi connectivity index (χ0v) is 8.99. The molecule has 0 saturated heterocycles. The van der Waals surface area contributed by atoms with Gasteiger partial charge in [-0.15, -0.1) is 10.2 Å². The van der Waals surface area contributed by atoms with E-state index >= 15 is 0 Å². The average Bonchev–Trinajstić information content (AvgIpc) is 2.25. The van der Waals surface area contributed by atoms with Gasteiger partial charge < -0.3 is 5.32 Å². The Morgan fingerprint density at radius 2 is 1.87 bits per heavy atom. The lowest BCUT2D eigenvalue weighted by atomic mass is 10.3. The van der Waals surface area contributed by atoms with Gasteiger partial charge in [0.2, 0.25) is 0 Å². The van der Waals surface area contributed by atoms with Crippen LogP contribution in [0.3, 0.4) is 0 Å². The van der Waals surface area contributed by atoms with Crippen LogP contribution in [0.1, 0.15) is 5.56 Å². The lowest BCUT2D eigenvalue weighted by Crippen LogP contribution is -1.96. The number of para-hydroxylation sites is 1. The second-order valence-electron chi connectivity index (χ2n) is 3.19. The zero-order chi connectivity index (χ0) is 10.7. The van der Waals surface area contributed by atoms with Crippen molar-refractivity contribution in [2.75, 3.05) is 5.32 Å². The third kappa shape index (κ3) is 2.44. The van der Waals surface area contributed by atoms with Gasteiger partial charge in [0.25, 0.3) is 0 Å². The second-order valence-corrected chi connectivity index (χ2v) is 3.55. The first-order valence-corrected chi connectivity index (χ1v) is 4.95. The summed E-state index contributed by atoms with van der Waals surface area (Å²) in [7, 11) is 0. The number of hydrogen-bond acceptors (Lipinski definition) is 3. The number of halogens is 1. The third-order valence-electron chi connectivity index (χ3n) is 1.97. The van der Waals surface area contributed by atoms with Gasteiger partial charge in [-0.3, -0.25) is 0 Å². The van der Waals surface area contributed by atoms with Gasteiger partial charge >= 0.3 is 0 Å². The molecular formula is C11H10ClN3. The summed E-state index contributed by atoms with van der Waals surface area (Å²) in [5.41, 5.74) is 1.89. The topological polar surface area (TPSA) is 37.8 Å². The van der Waals surface area contributed by atoms with E-state index in [-0.39, 0.29) is 0 Å². The van der Waals surface area contributed by atoms with E-state index < -0.39 is 0 Å². The number of anilines is 2. The van der Waals surface area contributed by atoms with E-state index in [4.69, 9.17) is 11.6 Å². The number of nitrogens with zero attached hydrogens (tertiary/aromatic N) is 2. The van der Waals surface area contributed by atoms with Crippen LogP contribution in [0, 0.1) is 6.92 Å². The molecule has 0 unspecified atom stereocenters.